The van der Waals surface area contributed by atoms with Crippen LogP contribution in [0.5, 0.6) is 5.88 Å². The number of allylic oxidation sites excluding steroid dienone is 2. The van der Waals surface area contributed by atoms with Gasteiger partial charge < -0.3 is 15.4 Å². The quantitative estimate of drug-likeness (QED) is 0.308. The summed E-state index contributed by atoms with van der Waals surface area (Å²) in [7, 11) is 1.58. The highest BCUT2D eigenvalue weighted by molar-refractivity contribution is 6.06. The van der Waals surface area contributed by atoms with Gasteiger partial charge in [0.25, 0.3) is 0 Å². The topological polar surface area (TPSA) is 95.9 Å². The molecule has 4 rings (SSSR count). The highest BCUT2D eigenvalue weighted by Crippen LogP contribution is 2.52. The number of aromatic nitrogens is 1. The Kier molecular flexibility index (Phi) is 5.51. The van der Waals surface area contributed by atoms with Crippen LogP contribution in [0, 0.1) is 23.7 Å². The summed E-state index contributed by atoms with van der Waals surface area (Å²) in [5, 5.41) is 6.40. The van der Waals surface area contributed by atoms with Crippen molar-refractivity contribution >= 4 is 17.8 Å². The standard InChI is InChI=1S/C21H27N5O3/c1-3-22-21(25-12-15-5-4-8-23-18(15)29-2)24-9-10-26-19(27)16-13-6-7-14(11-13)17(16)20(26)28/h4-8,13-14,16-17H,3,9-12H2,1-2H3,(H2,22,24,25). The molecule has 1 saturated heterocycles. The van der Waals surface area contributed by atoms with E-state index < -0.39 is 0 Å². The first-order chi connectivity index (χ1) is 14.1. The fourth-order valence-corrected chi connectivity index (χ4v) is 4.70. The lowest BCUT2D eigenvalue weighted by Gasteiger charge is -2.18. The van der Waals surface area contributed by atoms with Crippen molar-refractivity contribution in [3.05, 3.63) is 36.0 Å². The summed E-state index contributed by atoms with van der Waals surface area (Å²) in [5.74, 6) is 1.35. The van der Waals surface area contributed by atoms with Gasteiger partial charge in [-0.05, 0) is 31.2 Å². The van der Waals surface area contributed by atoms with Crippen LogP contribution in [0.1, 0.15) is 18.9 Å². The van der Waals surface area contributed by atoms with Crippen molar-refractivity contribution in [1.29, 1.82) is 0 Å². The van der Waals surface area contributed by atoms with Crippen molar-refractivity contribution in [3.63, 3.8) is 0 Å². The molecular weight excluding hydrogens is 370 g/mol. The Labute approximate surface area is 170 Å². The fourth-order valence-electron chi connectivity index (χ4n) is 4.70. The van der Waals surface area contributed by atoms with E-state index in [2.05, 4.69) is 32.8 Å². The highest BCUT2D eigenvalue weighted by atomic mass is 16.5. The Morgan fingerprint density at radius 2 is 1.97 bits per heavy atom. The number of pyridine rings is 1. The third kappa shape index (κ3) is 3.59. The van der Waals surface area contributed by atoms with Crippen molar-refractivity contribution in [2.45, 2.75) is 19.9 Å². The van der Waals surface area contributed by atoms with Crippen LogP contribution in [-0.2, 0) is 16.1 Å². The Morgan fingerprint density at radius 1 is 1.24 bits per heavy atom. The average Bonchev–Trinajstić information content (AvgIpc) is 3.41. The number of methoxy groups -OCH3 is 1. The number of imide groups is 1. The molecule has 8 heteroatoms. The molecule has 2 bridgehead atoms. The number of aliphatic imine (C=N–C) groups is 1. The largest absolute Gasteiger partial charge is 0.481 e. The van der Waals surface area contributed by atoms with Crippen LogP contribution in [0.25, 0.3) is 0 Å². The van der Waals surface area contributed by atoms with E-state index in [4.69, 9.17) is 4.74 Å². The monoisotopic (exact) mass is 397 g/mol. The Morgan fingerprint density at radius 3 is 2.62 bits per heavy atom. The second-order valence-electron chi connectivity index (χ2n) is 7.62. The Bertz CT molecular complexity index is 822. The maximum Gasteiger partial charge on any atom is 0.233 e. The fraction of sp³-hybridized carbons (Fsp3) is 0.524. The molecule has 2 amide bonds. The van der Waals surface area contributed by atoms with Crippen molar-refractivity contribution in [3.8, 4) is 5.88 Å². The van der Waals surface area contributed by atoms with Gasteiger partial charge in [-0.1, -0.05) is 18.2 Å². The first kappa shape index (κ1) is 19.4. The van der Waals surface area contributed by atoms with E-state index >= 15 is 0 Å². The molecule has 4 unspecified atom stereocenters. The number of amides is 2. The third-order valence-electron chi connectivity index (χ3n) is 5.98. The average molecular weight is 397 g/mol. The summed E-state index contributed by atoms with van der Waals surface area (Å²) in [6, 6.07) is 3.76. The lowest BCUT2D eigenvalue weighted by molar-refractivity contribution is -0.140. The van der Waals surface area contributed by atoms with Gasteiger partial charge in [0.2, 0.25) is 17.7 Å². The molecule has 0 radical (unpaired) electrons. The van der Waals surface area contributed by atoms with Gasteiger partial charge in [-0.15, -0.1) is 0 Å². The van der Waals surface area contributed by atoms with Gasteiger partial charge in [-0.2, -0.15) is 0 Å². The van der Waals surface area contributed by atoms with Crippen molar-refractivity contribution < 1.29 is 14.3 Å². The van der Waals surface area contributed by atoms with Crippen LogP contribution in [0.4, 0.5) is 0 Å². The molecule has 2 heterocycles. The van der Waals surface area contributed by atoms with Crippen LogP contribution in [0.2, 0.25) is 0 Å². The number of ether oxygens (including phenoxy) is 1. The molecule has 4 atom stereocenters. The molecule has 29 heavy (non-hydrogen) atoms. The summed E-state index contributed by atoms with van der Waals surface area (Å²) in [5.41, 5.74) is 0.882. The third-order valence-corrected chi connectivity index (χ3v) is 5.98. The van der Waals surface area contributed by atoms with Gasteiger partial charge in [0.1, 0.15) is 0 Å². The summed E-state index contributed by atoms with van der Waals surface area (Å²) in [4.78, 5) is 35.7. The number of carbonyl (C=O) groups excluding carboxylic acids is 2. The van der Waals surface area contributed by atoms with Gasteiger partial charge in [0.05, 0.1) is 25.5 Å². The molecule has 0 aromatic carbocycles. The van der Waals surface area contributed by atoms with Gasteiger partial charge in [0, 0.05) is 31.4 Å². The van der Waals surface area contributed by atoms with Crippen molar-refractivity contribution in [2.75, 3.05) is 26.7 Å². The number of fused-ring (bicyclic) bond motifs is 5. The number of hydrogen-bond acceptors (Lipinski definition) is 5. The summed E-state index contributed by atoms with van der Waals surface area (Å²) < 4.78 is 5.26. The SMILES string of the molecule is CCNC(=NCc1cccnc1OC)NCCN1C(=O)C2C3C=CC(C3)C2C1=O. The zero-order chi connectivity index (χ0) is 20.4. The molecule has 3 aliphatic rings. The molecule has 1 aromatic rings. The Balaban J connectivity index is 1.34. The summed E-state index contributed by atoms with van der Waals surface area (Å²) in [6.07, 6.45) is 6.85. The number of guanidine groups is 1. The summed E-state index contributed by atoms with van der Waals surface area (Å²) >= 11 is 0. The molecule has 154 valence electrons. The number of hydrogen-bond donors (Lipinski definition) is 2. The van der Waals surface area contributed by atoms with E-state index in [1.165, 1.54) is 4.90 Å². The molecule has 0 spiro atoms. The van der Waals surface area contributed by atoms with Crippen LogP contribution >= 0.6 is 0 Å². The smallest absolute Gasteiger partial charge is 0.233 e. The van der Waals surface area contributed by atoms with E-state index in [1.54, 1.807) is 13.3 Å². The van der Waals surface area contributed by atoms with Crippen molar-refractivity contribution in [2.24, 2.45) is 28.7 Å². The van der Waals surface area contributed by atoms with E-state index in [0.717, 1.165) is 12.0 Å². The molecule has 1 aromatic heterocycles. The number of nitrogens with one attached hydrogen (secondary N) is 2. The number of likely N-dealkylation sites (tertiary alicyclic amines) is 1. The van der Waals surface area contributed by atoms with Crippen LogP contribution in [0.3, 0.4) is 0 Å². The molecule has 2 N–H and O–H groups in total. The number of carbonyl (C=O) groups is 2. The second-order valence-corrected chi connectivity index (χ2v) is 7.62. The second kappa shape index (κ2) is 8.23. The van der Waals surface area contributed by atoms with Crippen LogP contribution in [0.15, 0.2) is 35.5 Å². The first-order valence-corrected chi connectivity index (χ1v) is 10.2. The minimum absolute atomic E-state index is 0.0133. The maximum absolute atomic E-state index is 12.7. The van der Waals surface area contributed by atoms with Gasteiger partial charge in [0.15, 0.2) is 5.96 Å². The zero-order valence-electron chi connectivity index (χ0n) is 16.8. The predicted octanol–water partition coefficient (Wildman–Crippen LogP) is 0.952. The first-order valence-electron chi connectivity index (χ1n) is 10.2. The van der Waals surface area contributed by atoms with Crippen molar-refractivity contribution in [1.82, 2.24) is 20.5 Å². The Hall–Kier alpha value is -2.90. The minimum Gasteiger partial charge on any atom is -0.481 e. The lowest BCUT2D eigenvalue weighted by atomic mass is 9.85. The zero-order valence-corrected chi connectivity index (χ0v) is 16.8. The van der Waals surface area contributed by atoms with E-state index in [0.29, 0.717) is 38.0 Å². The van der Waals surface area contributed by atoms with Gasteiger partial charge in [-0.3, -0.25) is 14.5 Å². The summed E-state index contributed by atoms with van der Waals surface area (Å²) in [6.45, 7) is 3.91. The number of rotatable bonds is 7. The lowest BCUT2D eigenvalue weighted by Crippen LogP contribution is -2.43. The molecule has 2 aliphatic carbocycles. The minimum atomic E-state index is -0.141. The van der Waals surface area contributed by atoms with Crippen LogP contribution in [-0.4, -0.2) is 54.4 Å². The van der Waals surface area contributed by atoms with Crippen LogP contribution < -0.4 is 15.4 Å². The van der Waals surface area contributed by atoms with E-state index in [9.17, 15) is 9.59 Å². The molecular formula is C21H27N5O3. The van der Waals surface area contributed by atoms with E-state index in [-0.39, 0.29) is 35.5 Å². The molecule has 1 saturated carbocycles. The highest BCUT2D eigenvalue weighted by Gasteiger charge is 2.58. The van der Waals surface area contributed by atoms with Gasteiger partial charge in [-0.25, -0.2) is 9.98 Å². The molecule has 1 aliphatic heterocycles. The molecule has 8 nitrogen and oxygen atoms in total. The normalized spacial score (nSPS) is 27.5. The predicted molar refractivity (Wildman–Crippen MR) is 108 cm³/mol. The maximum atomic E-state index is 12.7. The molecule has 2 fully saturated rings. The van der Waals surface area contributed by atoms with Gasteiger partial charge >= 0.3 is 0 Å². The number of nitrogens with zero attached hydrogens (tertiary/aromatic N) is 3. The van der Waals surface area contributed by atoms with E-state index in [1.807, 2.05) is 19.1 Å².